The molecule has 6 nitrogen and oxygen atoms in total. The van der Waals surface area contributed by atoms with Gasteiger partial charge < -0.3 is 21.9 Å². The maximum atomic E-state index is 11.2. The molecule has 0 atom stereocenters. The van der Waals surface area contributed by atoms with Crippen molar-refractivity contribution in [2.45, 2.75) is 25.7 Å². The van der Waals surface area contributed by atoms with Gasteiger partial charge in [-0.15, -0.1) is 0 Å². The predicted molar refractivity (Wildman–Crippen MR) is 71.2 cm³/mol. The predicted octanol–water partition coefficient (Wildman–Crippen LogP) is 0.727. The number of hydrogen-bond acceptors (Lipinski definition) is 5. The number of aromatic nitrogens is 1. The quantitative estimate of drug-likeness (QED) is 0.509. The average Bonchev–Trinajstić information content (AvgIpc) is 2.35. The van der Waals surface area contributed by atoms with E-state index in [1.165, 1.54) is 12.3 Å². The van der Waals surface area contributed by atoms with E-state index >= 15 is 0 Å². The van der Waals surface area contributed by atoms with E-state index in [1.54, 1.807) is 0 Å². The molecule has 0 saturated heterocycles. The van der Waals surface area contributed by atoms with Crippen molar-refractivity contribution in [2.75, 3.05) is 24.2 Å². The summed E-state index contributed by atoms with van der Waals surface area (Å²) in [5.74, 6) is -0.0727. The van der Waals surface area contributed by atoms with Gasteiger partial charge in [-0.05, 0) is 18.9 Å². The van der Waals surface area contributed by atoms with E-state index in [-0.39, 0.29) is 6.61 Å². The van der Waals surface area contributed by atoms with Crippen molar-refractivity contribution in [3.05, 3.63) is 17.8 Å². The van der Waals surface area contributed by atoms with E-state index in [0.29, 0.717) is 23.6 Å². The molecule has 0 fully saturated rings. The third-order valence-corrected chi connectivity index (χ3v) is 2.55. The minimum Gasteiger partial charge on any atom is -0.397 e. The molecule has 1 aromatic rings. The van der Waals surface area contributed by atoms with Gasteiger partial charge in [0.05, 0.1) is 17.4 Å². The number of anilines is 2. The maximum absolute atomic E-state index is 11.2. The second kappa shape index (κ2) is 7.50. The minimum atomic E-state index is -0.544. The number of unbranched alkanes of at least 4 members (excludes halogenated alkanes) is 3. The van der Waals surface area contributed by atoms with E-state index in [4.69, 9.17) is 16.6 Å². The number of nitrogens with two attached hydrogens (primary N) is 2. The van der Waals surface area contributed by atoms with Crippen LogP contribution in [0.25, 0.3) is 0 Å². The Kier molecular flexibility index (Phi) is 5.93. The Labute approximate surface area is 106 Å². The highest BCUT2D eigenvalue weighted by Gasteiger charge is 2.09. The third kappa shape index (κ3) is 4.58. The average molecular weight is 252 g/mol. The summed E-state index contributed by atoms with van der Waals surface area (Å²) < 4.78 is 0. The molecule has 1 amide bonds. The highest BCUT2D eigenvalue weighted by Crippen LogP contribution is 2.15. The van der Waals surface area contributed by atoms with E-state index in [2.05, 4.69) is 10.3 Å². The Balaban J connectivity index is 2.44. The number of carbonyl (C=O) groups excluding carboxylic acids is 1. The van der Waals surface area contributed by atoms with Gasteiger partial charge in [-0.2, -0.15) is 0 Å². The zero-order chi connectivity index (χ0) is 13.4. The van der Waals surface area contributed by atoms with Crippen LogP contribution in [0.4, 0.5) is 11.5 Å². The van der Waals surface area contributed by atoms with Crippen LogP contribution in [0.2, 0.25) is 0 Å². The lowest BCUT2D eigenvalue weighted by atomic mass is 10.2. The normalized spacial score (nSPS) is 10.3. The monoisotopic (exact) mass is 252 g/mol. The summed E-state index contributed by atoms with van der Waals surface area (Å²) in [6.45, 7) is 0.946. The number of nitrogens with zero attached hydrogens (tertiary/aromatic N) is 1. The van der Waals surface area contributed by atoms with Gasteiger partial charge in [0, 0.05) is 13.2 Å². The van der Waals surface area contributed by atoms with Crippen molar-refractivity contribution >= 4 is 17.4 Å². The van der Waals surface area contributed by atoms with E-state index in [9.17, 15) is 4.79 Å². The Morgan fingerprint density at radius 3 is 2.72 bits per heavy atom. The number of carbonyl (C=O) groups is 1. The number of nitrogens with one attached hydrogen (secondary N) is 1. The number of nitrogen functional groups attached to an aromatic ring is 1. The lowest BCUT2D eigenvalue weighted by Gasteiger charge is -2.09. The van der Waals surface area contributed by atoms with E-state index < -0.39 is 5.91 Å². The van der Waals surface area contributed by atoms with Crippen molar-refractivity contribution in [1.29, 1.82) is 0 Å². The molecule has 1 heterocycles. The Bertz CT molecular complexity index is 396. The van der Waals surface area contributed by atoms with Gasteiger partial charge in [-0.3, -0.25) is 4.79 Å². The molecular formula is C12H20N4O2. The third-order valence-electron chi connectivity index (χ3n) is 2.55. The summed E-state index contributed by atoms with van der Waals surface area (Å²) >= 11 is 0. The SMILES string of the molecule is NC(=O)c1cc(N)cnc1NCCCCCCO. The summed E-state index contributed by atoms with van der Waals surface area (Å²) in [5, 5.41) is 11.7. The van der Waals surface area contributed by atoms with Crippen LogP contribution in [0.3, 0.4) is 0 Å². The first-order valence-corrected chi connectivity index (χ1v) is 6.05. The molecule has 0 radical (unpaired) electrons. The molecule has 0 aliphatic rings. The highest BCUT2D eigenvalue weighted by molar-refractivity contribution is 5.98. The van der Waals surface area contributed by atoms with Gasteiger partial charge in [0.15, 0.2) is 0 Å². The number of aliphatic hydroxyl groups is 1. The molecule has 0 aliphatic carbocycles. The first kappa shape index (κ1) is 14.2. The molecule has 0 aliphatic heterocycles. The Morgan fingerprint density at radius 2 is 2.06 bits per heavy atom. The Hall–Kier alpha value is -1.82. The highest BCUT2D eigenvalue weighted by atomic mass is 16.2. The van der Waals surface area contributed by atoms with E-state index in [0.717, 1.165) is 25.7 Å². The van der Waals surface area contributed by atoms with Crippen molar-refractivity contribution in [3.63, 3.8) is 0 Å². The largest absolute Gasteiger partial charge is 0.397 e. The standard InChI is InChI=1S/C12H20N4O2/c13-9-7-10(11(14)18)12(16-8-9)15-5-3-1-2-4-6-17/h7-8,17H,1-6,13H2,(H2,14,18)(H,15,16). The number of primary amides is 1. The van der Waals surface area contributed by atoms with Crippen molar-refractivity contribution in [3.8, 4) is 0 Å². The fourth-order valence-corrected chi connectivity index (χ4v) is 1.61. The van der Waals surface area contributed by atoms with Crippen LogP contribution in [0.1, 0.15) is 36.0 Å². The van der Waals surface area contributed by atoms with Gasteiger partial charge in [0.1, 0.15) is 5.82 Å². The zero-order valence-electron chi connectivity index (χ0n) is 10.4. The number of rotatable bonds is 8. The van der Waals surface area contributed by atoms with Gasteiger partial charge in [0.2, 0.25) is 0 Å². The molecule has 0 bridgehead atoms. The van der Waals surface area contributed by atoms with Crippen LogP contribution in [0, 0.1) is 0 Å². The second-order valence-electron chi connectivity index (χ2n) is 4.09. The second-order valence-corrected chi connectivity index (χ2v) is 4.09. The first-order chi connectivity index (χ1) is 8.65. The molecule has 1 rings (SSSR count). The van der Waals surface area contributed by atoms with Crippen molar-refractivity contribution in [1.82, 2.24) is 4.98 Å². The van der Waals surface area contributed by atoms with Gasteiger partial charge in [-0.1, -0.05) is 12.8 Å². The maximum Gasteiger partial charge on any atom is 0.252 e. The fourth-order valence-electron chi connectivity index (χ4n) is 1.61. The molecule has 0 saturated carbocycles. The Morgan fingerprint density at radius 1 is 1.33 bits per heavy atom. The molecule has 18 heavy (non-hydrogen) atoms. The molecule has 0 unspecified atom stereocenters. The smallest absolute Gasteiger partial charge is 0.252 e. The van der Waals surface area contributed by atoms with Crippen LogP contribution in [-0.2, 0) is 0 Å². The molecule has 1 aromatic heterocycles. The molecule has 0 spiro atoms. The van der Waals surface area contributed by atoms with Gasteiger partial charge in [-0.25, -0.2) is 4.98 Å². The first-order valence-electron chi connectivity index (χ1n) is 6.05. The van der Waals surface area contributed by atoms with Crippen LogP contribution >= 0.6 is 0 Å². The molecular weight excluding hydrogens is 232 g/mol. The van der Waals surface area contributed by atoms with E-state index in [1.807, 2.05) is 0 Å². The van der Waals surface area contributed by atoms with Crippen LogP contribution in [0.5, 0.6) is 0 Å². The molecule has 100 valence electrons. The summed E-state index contributed by atoms with van der Waals surface area (Å²) in [6, 6.07) is 1.52. The molecule has 6 N–H and O–H groups in total. The number of hydrogen-bond donors (Lipinski definition) is 4. The van der Waals surface area contributed by atoms with Crippen LogP contribution < -0.4 is 16.8 Å². The van der Waals surface area contributed by atoms with Crippen LogP contribution in [-0.4, -0.2) is 29.1 Å². The van der Waals surface area contributed by atoms with Gasteiger partial charge >= 0.3 is 0 Å². The number of amides is 1. The molecule has 0 aromatic carbocycles. The number of pyridine rings is 1. The molecule has 6 heteroatoms. The zero-order valence-corrected chi connectivity index (χ0v) is 10.4. The summed E-state index contributed by atoms with van der Waals surface area (Å²) in [5.41, 5.74) is 11.5. The number of aliphatic hydroxyl groups excluding tert-OH is 1. The summed E-state index contributed by atoms with van der Waals surface area (Å²) in [7, 11) is 0. The van der Waals surface area contributed by atoms with Crippen molar-refractivity contribution in [2.24, 2.45) is 5.73 Å². The lowest BCUT2D eigenvalue weighted by molar-refractivity contribution is 0.100. The van der Waals surface area contributed by atoms with Gasteiger partial charge in [0.25, 0.3) is 5.91 Å². The topological polar surface area (TPSA) is 114 Å². The summed E-state index contributed by atoms with van der Waals surface area (Å²) in [6.07, 6.45) is 5.28. The summed E-state index contributed by atoms with van der Waals surface area (Å²) in [4.78, 5) is 15.3. The van der Waals surface area contributed by atoms with Crippen molar-refractivity contribution < 1.29 is 9.90 Å². The fraction of sp³-hybridized carbons (Fsp3) is 0.500. The lowest BCUT2D eigenvalue weighted by Crippen LogP contribution is -2.16. The van der Waals surface area contributed by atoms with Crippen LogP contribution in [0.15, 0.2) is 12.3 Å². The minimum absolute atomic E-state index is 0.235.